The van der Waals surface area contributed by atoms with Crippen LogP contribution in [0.25, 0.3) is 0 Å². The molecule has 20 atom stereocenters. The van der Waals surface area contributed by atoms with E-state index in [-0.39, 0.29) is 0 Å². The van der Waals surface area contributed by atoms with Gasteiger partial charge in [-0.1, -0.05) is 62.3 Å². The maximum atomic E-state index is 9.31. The molecule has 0 aromatic rings. The minimum Gasteiger partial charge on any atom is -0.198 e. The summed E-state index contributed by atoms with van der Waals surface area (Å²) in [5.74, 6) is 17.0. The molecule has 50 heavy (non-hydrogen) atoms. The molecule has 0 aromatic heterocycles. The first kappa shape index (κ1) is 35.5. The van der Waals surface area contributed by atoms with Crippen LogP contribution in [0.3, 0.4) is 0 Å². The van der Waals surface area contributed by atoms with Crippen LogP contribution < -0.4 is 0 Å². The monoisotopic (exact) mass is 678 g/mol. The molecule has 0 N–H and O–H groups in total. The third kappa shape index (κ3) is 5.64. The van der Waals surface area contributed by atoms with E-state index in [1.807, 2.05) is 0 Å². The summed E-state index contributed by atoms with van der Waals surface area (Å²) in [6.07, 6.45) is 16.4. The van der Waals surface area contributed by atoms with Crippen molar-refractivity contribution in [2.45, 2.75) is 139 Å². The summed E-state index contributed by atoms with van der Waals surface area (Å²) in [6, 6.07) is 7.69. The first-order valence-electron chi connectivity index (χ1n) is 21.7. The molecule has 0 spiro atoms. The average molecular weight is 678 g/mol. The zero-order chi connectivity index (χ0) is 35.7. The first-order valence-corrected chi connectivity index (χ1v) is 21.7. The van der Waals surface area contributed by atoms with Crippen LogP contribution in [0.15, 0.2) is 0 Å². The van der Waals surface area contributed by atoms with Gasteiger partial charge in [0.1, 0.15) is 0 Å². The van der Waals surface area contributed by atoms with Gasteiger partial charge in [-0.2, -0.15) is 15.8 Å². The fourth-order valence-electron chi connectivity index (χ4n) is 16.8. The van der Waals surface area contributed by atoms with Gasteiger partial charge in [-0.05, 0) is 194 Å². The Bertz CT molecular complexity index is 1420. The predicted octanol–water partition coefficient (Wildman–Crippen LogP) is 11.8. The molecular weight excluding hydrogens is 607 g/mol. The zero-order valence-electron chi connectivity index (χ0n) is 33.4. The SMILES string of the molecule is CC(C)(C)C1CC2C3CC(C#N)C(C3)C2C1.CC(C)(C)C1CC2CC1C1C3CC(C#N)C(C3)C21.CC(C)(C)C1CC2CC1C1CC(C#N)CC21. The average Bonchev–Trinajstić information content (AvgIpc) is 3.90. The highest BCUT2D eigenvalue weighted by molar-refractivity contribution is 5.17. The third-order valence-corrected chi connectivity index (χ3v) is 18.7. The molecule has 10 aliphatic carbocycles. The van der Waals surface area contributed by atoms with Gasteiger partial charge in [0.05, 0.1) is 18.2 Å². The van der Waals surface area contributed by atoms with Gasteiger partial charge in [0.25, 0.3) is 0 Å². The normalized spacial score (nSPS) is 52.7. The number of rotatable bonds is 0. The van der Waals surface area contributed by atoms with Crippen LogP contribution in [0.4, 0.5) is 0 Å². The molecule has 0 aromatic carbocycles. The molecule has 3 heteroatoms. The molecule has 0 heterocycles. The number of nitrogens with zero attached hydrogens (tertiary/aromatic N) is 3. The van der Waals surface area contributed by atoms with E-state index in [0.29, 0.717) is 34.0 Å². The Hall–Kier alpha value is -1.53. The summed E-state index contributed by atoms with van der Waals surface area (Å²) < 4.78 is 0. The van der Waals surface area contributed by atoms with E-state index in [9.17, 15) is 10.5 Å². The van der Waals surface area contributed by atoms with Crippen LogP contribution in [0.2, 0.25) is 0 Å². The lowest BCUT2D eigenvalue weighted by molar-refractivity contribution is 0.0409. The van der Waals surface area contributed by atoms with Crippen molar-refractivity contribution in [3.8, 4) is 18.2 Å². The molecule has 8 bridgehead atoms. The second-order valence-electron chi connectivity index (χ2n) is 23.6. The highest BCUT2D eigenvalue weighted by atomic mass is 14.7. The van der Waals surface area contributed by atoms with Crippen LogP contribution in [0.5, 0.6) is 0 Å². The van der Waals surface area contributed by atoms with Crippen LogP contribution in [0, 0.1) is 169 Å². The van der Waals surface area contributed by atoms with Gasteiger partial charge in [-0.25, -0.2) is 0 Å². The third-order valence-electron chi connectivity index (χ3n) is 18.7. The Balaban J connectivity index is 0.000000109. The van der Waals surface area contributed by atoms with E-state index in [1.54, 1.807) is 0 Å². The maximum absolute atomic E-state index is 9.31. The van der Waals surface area contributed by atoms with Crippen molar-refractivity contribution in [3.63, 3.8) is 0 Å². The molecule has 10 rings (SSSR count). The van der Waals surface area contributed by atoms with Gasteiger partial charge < -0.3 is 0 Å². The highest BCUT2D eigenvalue weighted by Crippen LogP contribution is 2.72. The molecule has 0 amide bonds. The lowest BCUT2D eigenvalue weighted by atomic mass is 9.60. The van der Waals surface area contributed by atoms with E-state index in [0.717, 1.165) is 101 Å². The van der Waals surface area contributed by atoms with Gasteiger partial charge in [0.15, 0.2) is 0 Å². The molecule has 10 fully saturated rings. The number of hydrogen-bond acceptors (Lipinski definition) is 3. The quantitative estimate of drug-likeness (QED) is 0.240. The van der Waals surface area contributed by atoms with Crippen molar-refractivity contribution in [3.05, 3.63) is 0 Å². The second-order valence-corrected chi connectivity index (χ2v) is 23.6. The van der Waals surface area contributed by atoms with E-state index < -0.39 is 0 Å². The summed E-state index contributed by atoms with van der Waals surface area (Å²) in [5, 5.41) is 27.6. The molecule has 10 saturated carbocycles. The summed E-state index contributed by atoms with van der Waals surface area (Å²) in [6.45, 7) is 21.7. The topological polar surface area (TPSA) is 71.4 Å². The molecule has 10 aliphatic rings. The van der Waals surface area contributed by atoms with Gasteiger partial charge in [0, 0.05) is 17.8 Å². The smallest absolute Gasteiger partial charge is 0.0658 e. The Labute approximate surface area is 307 Å². The van der Waals surface area contributed by atoms with E-state index in [2.05, 4.69) is 80.5 Å². The Morgan fingerprint density at radius 2 is 0.800 bits per heavy atom. The molecule has 0 saturated heterocycles. The van der Waals surface area contributed by atoms with E-state index in [1.165, 1.54) is 77.0 Å². The maximum Gasteiger partial charge on any atom is 0.0658 e. The van der Waals surface area contributed by atoms with Gasteiger partial charge in [0.2, 0.25) is 0 Å². The van der Waals surface area contributed by atoms with Crippen molar-refractivity contribution in [1.29, 1.82) is 15.8 Å². The number of nitriles is 3. The first-order chi connectivity index (χ1) is 23.5. The molecule has 3 nitrogen and oxygen atoms in total. The standard InChI is InChI=1S/C17H25N.2C15H23N/c1-17(2,3)14-7-10-6-13(14)16-9-4-11(8-18)12(5-9)15(10)16;1-15(2,3)11-6-13-9-4-10(8-16)12(5-9)14(13)7-11;1-15(2,3)14-7-10-6-13(14)12-5-9(8-16)4-11(10)12/h9-16H,4-7H2,1-3H3;2*9-14H,4-7H2,1-3H3. The minimum absolute atomic E-state index is 0.388. The van der Waals surface area contributed by atoms with Crippen molar-refractivity contribution in [2.24, 2.45) is 135 Å². The van der Waals surface area contributed by atoms with E-state index in [4.69, 9.17) is 5.26 Å². The van der Waals surface area contributed by atoms with Crippen molar-refractivity contribution < 1.29 is 0 Å². The summed E-state index contributed by atoms with van der Waals surface area (Å²) in [4.78, 5) is 0. The fourth-order valence-corrected chi connectivity index (χ4v) is 16.8. The summed E-state index contributed by atoms with van der Waals surface area (Å²) in [7, 11) is 0. The van der Waals surface area contributed by atoms with Crippen molar-refractivity contribution in [2.75, 3.05) is 0 Å². The Kier molecular flexibility index (Phi) is 8.70. The van der Waals surface area contributed by atoms with Crippen LogP contribution in [-0.4, -0.2) is 0 Å². The van der Waals surface area contributed by atoms with Gasteiger partial charge in [-0.3, -0.25) is 0 Å². The second kappa shape index (κ2) is 12.3. The largest absolute Gasteiger partial charge is 0.198 e. The molecular formula is C47H71N3. The van der Waals surface area contributed by atoms with Crippen LogP contribution in [0.1, 0.15) is 139 Å². The predicted molar refractivity (Wildman–Crippen MR) is 200 cm³/mol. The van der Waals surface area contributed by atoms with Crippen LogP contribution >= 0.6 is 0 Å². The van der Waals surface area contributed by atoms with Crippen molar-refractivity contribution in [1.82, 2.24) is 0 Å². The minimum atomic E-state index is 0.388. The lowest BCUT2D eigenvalue weighted by Gasteiger charge is -2.44. The molecule has 274 valence electrons. The van der Waals surface area contributed by atoms with Crippen molar-refractivity contribution >= 4 is 0 Å². The van der Waals surface area contributed by atoms with Crippen LogP contribution in [-0.2, 0) is 0 Å². The molecule has 20 unspecified atom stereocenters. The molecule has 0 radical (unpaired) electrons. The van der Waals surface area contributed by atoms with Gasteiger partial charge >= 0.3 is 0 Å². The Morgan fingerprint density at radius 3 is 1.44 bits per heavy atom. The Morgan fingerprint density at radius 1 is 0.360 bits per heavy atom. The highest BCUT2D eigenvalue weighted by Gasteiger charge is 2.66. The van der Waals surface area contributed by atoms with Gasteiger partial charge in [-0.15, -0.1) is 0 Å². The summed E-state index contributed by atoms with van der Waals surface area (Å²) >= 11 is 0. The van der Waals surface area contributed by atoms with E-state index >= 15 is 0 Å². The lowest BCUT2D eigenvalue weighted by Crippen LogP contribution is -2.39. The molecule has 0 aliphatic heterocycles. The number of hydrogen-bond donors (Lipinski definition) is 0. The zero-order valence-corrected chi connectivity index (χ0v) is 33.4. The number of fused-ring (bicyclic) bond motifs is 19. The fraction of sp³-hybridized carbons (Fsp3) is 0.936. The summed E-state index contributed by atoms with van der Waals surface area (Å²) in [5.41, 5.74) is 1.46.